The Balaban J connectivity index is 0.00000324. The highest BCUT2D eigenvalue weighted by Gasteiger charge is 2.21. The van der Waals surface area contributed by atoms with Crippen molar-refractivity contribution in [1.29, 1.82) is 0 Å². The summed E-state index contributed by atoms with van der Waals surface area (Å²) in [6, 6.07) is 0. The Morgan fingerprint density at radius 3 is 2.21 bits per heavy atom. The molecule has 1 rings (SSSR count). The van der Waals surface area contributed by atoms with Crippen LogP contribution in [0.25, 0.3) is 0 Å². The number of rotatable bonds is 7. The number of piperidine rings is 1. The summed E-state index contributed by atoms with van der Waals surface area (Å²) in [7, 11) is 0. The molecule has 0 bridgehead atoms. The van der Waals surface area contributed by atoms with E-state index in [-0.39, 0.29) is 18.3 Å². The Hall–Kier alpha value is -0.840. The van der Waals surface area contributed by atoms with Gasteiger partial charge in [-0.25, -0.2) is 0 Å². The number of carbonyl (C=O) groups excluding carboxylic acids is 1. The molecule has 1 heterocycles. The minimum Gasteiger partial charge on any atom is -0.334 e. The van der Waals surface area contributed by atoms with Crippen molar-refractivity contribution in [1.82, 2.24) is 9.80 Å². The molecular weight excluding hydrogens is 262 g/mol. The lowest BCUT2D eigenvalue weighted by Crippen LogP contribution is -2.44. The Bertz CT molecular complexity index is 278. The Morgan fingerprint density at radius 1 is 1.26 bits per heavy atom. The zero-order valence-corrected chi connectivity index (χ0v) is 12.4. The highest BCUT2D eigenvalue weighted by atomic mass is 35.5. The molecular formula is C14H26ClN3O. The lowest BCUT2D eigenvalue weighted by atomic mass is 9.97. The van der Waals surface area contributed by atoms with Crippen LogP contribution >= 0.6 is 12.4 Å². The number of nitrogens with zero attached hydrogens (tertiary/aromatic N) is 2. The number of carbonyl (C=O) groups is 1. The van der Waals surface area contributed by atoms with Gasteiger partial charge in [-0.15, -0.1) is 25.6 Å². The largest absolute Gasteiger partial charge is 0.334 e. The van der Waals surface area contributed by atoms with Gasteiger partial charge in [0.1, 0.15) is 0 Å². The van der Waals surface area contributed by atoms with E-state index in [2.05, 4.69) is 18.1 Å². The second-order valence-electron chi connectivity index (χ2n) is 4.83. The van der Waals surface area contributed by atoms with E-state index in [4.69, 9.17) is 5.73 Å². The van der Waals surface area contributed by atoms with Crippen LogP contribution in [0.15, 0.2) is 25.3 Å². The van der Waals surface area contributed by atoms with Gasteiger partial charge >= 0.3 is 0 Å². The zero-order chi connectivity index (χ0) is 13.4. The van der Waals surface area contributed by atoms with Gasteiger partial charge in [-0.2, -0.15) is 0 Å². The third-order valence-electron chi connectivity index (χ3n) is 3.45. The third-order valence-corrected chi connectivity index (χ3v) is 3.45. The average molecular weight is 288 g/mol. The number of hydrogen-bond acceptors (Lipinski definition) is 3. The highest BCUT2D eigenvalue weighted by Crippen LogP contribution is 2.15. The van der Waals surface area contributed by atoms with Gasteiger partial charge < -0.3 is 10.6 Å². The van der Waals surface area contributed by atoms with E-state index < -0.39 is 0 Å². The molecule has 1 aliphatic rings. The van der Waals surface area contributed by atoms with E-state index in [1.165, 1.54) is 0 Å². The van der Waals surface area contributed by atoms with Gasteiger partial charge in [0.25, 0.3) is 0 Å². The quantitative estimate of drug-likeness (QED) is 0.718. The molecule has 4 nitrogen and oxygen atoms in total. The summed E-state index contributed by atoms with van der Waals surface area (Å²) in [5.74, 6) is 0.787. The lowest BCUT2D eigenvalue weighted by molar-refractivity contribution is -0.131. The summed E-state index contributed by atoms with van der Waals surface area (Å²) >= 11 is 0. The second kappa shape index (κ2) is 10.0. The monoisotopic (exact) mass is 287 g/mol. The fourth-order valence-corrected chi connectivity index (χ4v) is 2.26. The first-order chi connectivity index (χ1) is 8.71. The van der Waals surface area contributed by atoms with Crippen molar-refractivity contribution >= 4 is 18.3 Å². The number of likely N-dealkylation sites (tertiary alicyclic amines) is 1. The number of halogens is 1. The molecule has 1 aliphatic heterocycles. The predicted octanol–water partition coefficient (Wildman–Crippen LogP) is 1.28. The van der Waals surface area contributed by atoms with Crippen molar-refractivity contribution in [3.8, 4) is 0 Å². The molecule has 0 saturated carbocycles. The molecule has 0 aromatic heterocycles. The van der Waals surface area contributed by atoms with Crippen LogP contribution < -0.4 is 5.73 Å². The number of hydrogen-bond donors (Lipinski definition) is 1. The summed E-state index contributed by atoms with van der Waals surface area (Å²) < 4.78 is 0. The molecule has 110 valence electrons. The third kappa shape index (κ3) is 6.23. The summed E-state index contributed by atoms with van der Waals surface area (Å²) in [4.78, 5) is 16.1. The Kier molecular flexibility index (Phi) is 9.57. The molecule has 0 spiro atoms. The fraction of sp³-hybridized carbons (Fsp3) is 0.643. The molecule has 0 aliphatic carbocycles. The second-order valence-corrected chi connectivity index (χ2v) is 4.83. The van der Waals surface area contributed by atoms with Gasteiger partial charge in [0, 0.05) is 13.1 Å². The van der Waals surface area contributed by atoms with Crippen LogP contribution in [0.3, 0.4) is 0 Å². The van der Waals surface area contributed by atoms with Gasteiger partial charge in [0.2, 0.25) is 5.91 Å². The van der Waals surface area contributed by atoms with Crippen LogP contribution in [-0.2, 0) is 4.79 Å². The smallest absolute Gasteiger partial charge is 0.237 e. The zero-order valence-electron chi connectivity index (χ0n) is 11.6. The van der Waals surface area contributed by atoms with E-state index in [9.17, 15) is 4.79 Å². The fourth-order valence-electron chi connectivity index (χ4n) is 2.26. The van der Waals surface area contributed by atoms with Crippen molar-refractivity contribution in [3.63, 3.8) is 0 Å². The molecule has 0 aromatic rings. The SMILES string of the molecule is C=CCN(CC=C)C(=O)CN1CCC(CN)CC1.Cl. The maximum Gasteiger partial charge on any atom is 0.237 e. The van der Waals surface area contributed by atoms with Gasteiger partial charge in [-0.05, 0) is 38.4 Å². The normalized spacial score (nSPS) is 16.5. The van der Waals surface area contributed by atoms with Crippen molar-refractivity contribution in [3.05, 3.63) is 25.3 Å². The Morgan fingerprint density at radius 2 is 1.79 bits per heavy atom. The van der Waals surface area contributed by atoms with E-state index in [0.29, 0.717) is 25.6 Å². The van der Waals surface area contributed by atoms with Crippen LogP contribution in [0.1, 0.15) is 12.8 Å². The summed E-state index contributed by atoms with van der Waals surface area (Å²) in [6.45, 7) is 11.7. The maximum atomic E-state index is 12.1. The summed E-state index contributed by atoms with van der Waals surface area (Å²) in [5, 5.41) is 0. The van der Waals surface area contributed by atoms with Gasteiger partial charge in [-0.3, -0.25) is 9.69 Å². The van der Waals surface area contributed by atoms with Crippen molar-refractivity contribution < 1.29 is 4.79 Å². The molecule has 19 heavy (non-hydrogen) atoms. The molecule has 1 amide bonds. The van der Waals surface area contributed by atoms with Crippen LogP contribution in [0, 0.1) is 5.92 Å². The first-order valence-corrected chi connectivity index (χ1v) is 6.63. The predicted molar refractivity (Wildman–Crippen MR) is 82.4 cm³/mol. The van der Waals surface area contributed by atoms with E-state index in [1.807, 2.05) is 0 Å². The van der Waals surface area contributed by atoms with E-state index in [1.54, 1.807) is 17.1 Å². The van der Waals surface area contributed by atoms with E-state index in [0.717, 1.165) is 32.5 Å². The molecule has 0 aromatic carbocycles. The maximum absolute atomic E-state index is 12.1. The molecule has 1 fully saturated rings. The molecule has 0 radical (unpaired) electrons. The van der Waals surface area contributed by atoms with Crippen LogP contribution in [0.5, 0.6) is 0 Å². The standard InChI is InChI=1S/C14H25N3O.ClH/c1-3-7-17(8-4-2)14(18)12-16-9-5-13(11-15)6-10-16;/h3-4,13H,1-2,5-12,15H2;1H. The molecule has 0 unspecified atom stereocenters. The average Bonchev–Trinajstić information content (AvgIpc) is 2.39. The first-order valence-electron chi connectivity index (χ1n) is 6.63. The van der Waals surface area contributed by atoms with E-state index >= 15 is 0 Å². The molecule has 5 heteroatoms. The first kappa shape index (κ1) is 18.2. The highest BCUT2D eigenvalue weighted by molar-refractivity contribution is 5.85. The number of nitrogens with two attached hydrogens (primary N) is 1. The minimum absolute atomic E-state index is 0. The van der Waals surface area contributed by atoms with Gasteiger partial charge in [0.15, 0.2) is 0 Å². The minimum atomic E-state index is 0. The van der Waals surface area contributed by atoms with Crippen molar-refractivity contribution in [2.45, 2.75) is 12.8 Å². The lowest BCUT2D eigenvalue weighted by Gasteiger charge is -2.32. The van der Waals surface area contributed by atoms with Gasteiger partial charge in [0.05, 0.1) is 6.54 Å². The van der Waals surface area contributed by atoms with Crippen molar-refractivity contribution in [2.24, 2.45) is 11.7 Å². The van der Waals surface area contributed by atoms with Crippen LogP contribution in [0.4, 0.5) is 0 Å². The molecule has 1 saturated heterocycles. The Labute approximate surface area is 122 Å². The van der Waals surface area contributed by atoms with Crippen LogP contribution in [-0.4, -0.2) is 55.0 Å². The van der Waals surface area contributed by atoms with Gasteiger partial charge in [-0.1, -0.05) is 12.2 Å². The molecule has 2 N–H and O–H groups in total. The topological polar surface area (TPSA) is 49.6 Å². The summed E-state index contributed by atoms with van der Waals surface area (Å²) in [6.07, 6.45) is 5.71. The number of amides is 1. The van der Waals surface area contributed by atoms with Crippen molar-refractivity contribution in [2.75, 3.05) is 39.3 Å². The molecule has 0 atom stereocenters. The summed E-state index contributed by atoms with van der Waals surface area (Å²) in [5.41, 5.74) is 5.66. The van der Waals surface area contributed by atoms with Crippen LogP contribution in [0.2, 0.25) is 0 Å².